The Balaban J connectivity index is 1.15. The van der Waals surface area contributed by atoms with E-state index in [2.05, 4.69) is 157 Å². The second-order valence-electron chi connectivity index (χ2n) is 11.4. The summed E-state index contributed by atoms with van der Waals surface area (Å²) < 4.78 is 6.24. The molecule has 1 heterocycles. The van der Waals surface area contributed by atoms with Crippen molar-refractivity contribution in [2.45, 2.75) is 0 Å². The van der Waals surface area contributed by atoms with Crippen LogP contribution in [0.5, 0.6) is 0 Å². The van der Waals surface area contributed by atoms with Crippen molar-refractivity contribution in [3.05, 3.63) is 164 Å². The number of fused-ring (bicyclic) bond motifs is 7. The van der Waals surface area contributed by atoms with Gasteiger partial charge in [-0.15, -0.1) is 0 Å². The van der Waals surface area contributed by atoms with Crippen molar-refractivity contribution >= 4 is 71.3 Å². The third kappa shape index (κ3) is 4.04. The normalized spacial score (nSPS) is 11.6. The zero-order valence-electron chi connectivity index (χ0n) is 23.9. The van der Waals surface area contributed by atoms with Crippen molar-refractivity contribution in [1.29, 1.82) is 0 Å². The summed E-state index contributed by atoms with van der Waals surface area (Å²) >= 11 is 0. The van der Waals surface area contributed by atoms with Crippen molar-refractivity contribution in [2.24, 2.45) is 0 Å². The molecule has 2 heteroatoms. The summed E-state index contributed by atoms with van der Waals surface area (Å²) in [4.78, 5) is 2.33. The van der Waals surface area contributed by atoms with Crippen molar-refractivity contribution in [1.82, 2.24) is 0 Å². The molecule has 8 aromatic carbocycles. The third-order valence-corrected chi connectivity index (χ3v) is 8.80. The Morgan fingerprint density at radius 2 is 0.977 bits per heavy atom. The predicted molar refractivity (Wildman–Crippen MR) is 186 cm³/mol. The molecule has 44 heavy (non-hydrogen) atoms. The molecule has 9 rings (SSSR count). The SMILES string of the molecule is c1ccc(N(c2ccc(-c3ccc4ccccc4c3)cc2)c2ccc3c(ccc4cc5c(cc43)oc3ccccc35)c2)cc1. The highest BCUT2D eigenvalue weighted by molar-refractivity contribution is 6.16. The van der Waals surface area contributed by atoms with E-state index in [9.17, 15) is 0 Å². The molecule has 0 N–H and O–H groups in total. The van der Waals surface area contributed by atoms with Gasteiger partial charge in [0.15, 0.2) is 0 Å². The number of anilines is 3. The minimum absolute atomic E-state index is 0.924. The van der Waals surface area contributed by atoms with E-state index in [1.165, 1.54) is 43.4 Å². The second kappa shape index (κ2) is 9.86. The van der Waals surface area contributed by atoms with Crippen LogP contribution in [0.4, 0.5) is 17.1 Å². The first-order valence-corrected chi connectivity index (χ1v) is 15.0. The van der Waals surface area contributed by atoms with Gasteiger partial charge in [-0.05, 0) is 104 Å². The number of furan rings is 1. The molecule has 0 aliphatic heterocycles. The molecular formula is C42H27NO. The number of nitrogens with zero attached hydrogens (tertiary/aromatic N) is 1. The first-order chi connectivity index (χ1) is 21.8. The van der Waals surface area contributed by atoms with E-state index in [1.54, 1.807) is 0 Å². The summed E-state index contributed by atoms with van der Waals surface area (Å²) in [7, 11) is 0. The molecule has 0 spiro atoms. The van der Waals surface area contributed by atoms with E-state index in [-0.39, 0.29) is 0 Å². The zero-order valence-corrected chi connectivity index (χ0v) is 23.9. The number of benzene rings is 8. The van der Waals surface area contributed by atoms with Crippen LogP contribution >= 0.6 is 0 Å². The molecule has 1 aromatic heterocycles. The minimum Gasteiger partial charge on any atom is -0.456 e. The Morgan fingerprint density at radius 1 is 0.318 bits per heavy atom. The van der Waals surface area contributed by atoms with E-state index < -0.39 is 0 Å². The molecular weight excluding hydrogens is 534 g/mol. The molecule has 0 saturated heterocycles. The smallest absolute Gasteiger partial charge is 0.136 e. The highest BCUT2D eigenvalue weighted by Gasteiger charge is 2.15. The maximum atomic E-state index is 6.24. The fourth-order valence-corrected chi connectivity index (χ4v) is 6.61. The van der Waals surface area contributed by atoms with Crippen LogP contribution in [0.25, 0.3) is 65.4 Å². The van der Waals surface area contributed by atoms with Crippen LogP contribution in [-0.2, 0) is 0 Å². The molecule has 0 fully saturated rings. The van der Waals surface area contributed by atoms with Crippen LogP contribution in [0.2, 0.25) is 0 Å². The average molecular weight is 562 g/mol. The van der Waals surface area contributed by atoms with Gasteiger partial charge < -0.3 is 9.32 Å². The maximum absolute atomic E-state index is 6.24. The van der Waals surface area contributed by atoms with Gasteiger partial charge in [0, 0.05) is 27.8 Å². The van der Waals surface area contributed by atoms with Crippen LogP contribution in [0.3, 0.4) is 0 Å². The van der Waals surface area contributed by atoms with Gasteiger partial charge in [-0.1, -0.05) is 103 Å². The Bertz CT molecular complexity index is 2490. The van der Waals surface area contributed by atoms with Crippen LogP contribution in [-0.4, -0.2) is 0 Å². The minimum atomic E-state index is 0.924. The van der Waals surface area contributed by atoms with Gasteiger partial charge in [-0.2, -0.15) is 0 Å². The van der Waals surface area contributed by atoms with Crippen LogP contribution in [0.15, 0.2) is 168 Å². The molecule has 0 bridgehead atoms. The summed E-state index contributed by atoms with van der Waals surface area (Å²) in [5.74, 6) is 0. The Morgan fingerprint density at radius 3 is 1.84 bits per heavy atom. The number of rotatable bonds is 4. The molecule has 0 radical (unpaired) electrons. The predicted octanol–water partition coefficient (Wildman–Crippen LogP) is 12.2. The van der Waals surface area contributed by atoms with E-state index in [0.717, 1.165) is 39.0 Å². The number of hydrogen-bond acceptors (Lipinski definition) is 2. The maximum Gasteiger partial charge on any atom is 0.136 e. The summed E-state index contributed by atoms with van der Waals surface area (Å²) in [6.07, 6.45) is 0. The lowest BCUT2D eigenvalue weighted by Gasteiger charge is -2.26. The monoisotopic (exact) mass is 561 g/mol. The van der Waals surface area contributed by atoms with Crippen LogP contribution in [0.1, 0.15) is 0 Å². The molecule has 0 aliphatic rings. The number of hydrogen-bond donors (Lipinski definition) is 0. The van der Waals surface area contributed by atoms with Gasteiger partial charge >= 0.3 is 0 Å². The van der Waals surface area contributed by atoms with Crippen LogP contribution < -0.4 is 4.90 Å². The highest BCUT2D eigenvalue weighted by Crippen LogP contribution is 2.40. The summed E-state index contributed by atoms with van der Waals surface area (Å²) in [5, 5.41) is 9.66. The molecule has 0 aliphatic carbocycles. The van der Waals surface area contributed by atoms with Crippen molar-refractivity contribution in [2.75, 3.05) is 4.90 Å². The molecule has 0 atom stereocenters. The largest absolute Gasteiger partial charge is 0.456 e. The van der Waals surface area contributed by atoms with Crippen molar-refractivity contribution < 1.29 is 4.42 Å². The summed E-state index contributed by atoms with van der Waals surface area (Å²) in [5.41, 5.74) is 7.63. The van der Waals surface area contributed by atoms with E-state index >= 15 is 0 Å². The summed E-state index contributed by atoms with van der Waals surface area (Å²) in [6.45, 7) is 0. The van der Waals surface area contributed by atoms with Gasteiger partial charge in [0.2, 0.25) is 0 Å². The number of para-hydroxylation sites is 2. The van der Waals surface area contributed by atoms with Gasteiger partial charge in [0.25, 0.3) is 0 Å². The van der Waals surface area contributed by atoms with E-state index in [1.807, 2.05) is 12.1 Å². The first-order valence-electron chi connectivity index (χ1n) is 15.0. The Labute approximate surface area is 255 Å². The molecule has 9 aromatic rings. The molecule has 206 valence electrons. The third-order valence-electron chi connectivity index (χ3n) is 8.80. The Hall–Kier alpha value is -5.86. The molecule has 0 saturated carbocycles. The standard InChI is InChI=1S/C42H27NO/c1-2-10-34(11-3-1)43(35-20-18-29(19-21-35)31-15-14-28-8-4-5-9-30(28)24-31)36-22-23-37-32(25-36)16-17-33-26-40-38-12-6-7-13-41(38)44-42(40)27-39(33)37/h1-27H. The second-order valence-corrected chi connectivity index (χ2v) is 11.4. The fraction of sp³-hybridized carbons (Fsp3) is 0. The quantitative estimate of drug-likeness (QED) is 0.199. The van der Waals surface area contributed by atoms with Crippen LogP contribution in [0, 0.1) is 0 Å². The van der Waals surface area contributed by atoms with E-state index in [0.29, 0.717) is 0 Å². The Kier molecular flexibility index (Phi) is 5.54. The van der Waals surface area contributed by atoms with Gasteiger partial charge in [-0.25, -0.2) is 0 Å². The van der Waals surface area contributed by atoms with Crippen molar-refractivity contribution in [3.8, 4) is 11.1 Å². The van der Waals surface area contributed by atoms with Gasteiger partial charge in [0.1, 0.15) is 11.2 Å². The zero-order chi connectivity index (χ0) is 29.0. The van der Waals surface area contributed by atoms with E-state index in [4.69, 9.17) is 4.42 Å². The van der Waals surface area contributed by atoms with Gasteiger partial charge in [0.05, 0.1) is 0 Å². The summed E-state index contributed by atoms with van der Waals surface area (Å²) in [6, 6.07) is 58.6. The lowest BCUT2D eigenvalue weighted by molar-refractivity contribution is 0.669. The lowest BCUT2D eigenvalue weighted by Crippen LogP contribution is -2.09. The lowest BCUT2D eigenvalue weighted by atomic mass is 9.99. The first kappa shape index (κ1) is 24.7. The molecule has 0 amide bonds. The topological polar surface area (TPSA) is 16.4 Å². The highest BCUT2D eigenvalue weighted by atomic mass is 16.3. The average Bonchev–Trinajstić information content (AvgIpc) is 3.45. The van der Waals surface area contributed by atoms with Gasteiger partial charge in [-0.3, -0.25) is 0 Å². The molecule has 0 unspecified atom stereocenters. The van der Waals surface area contributed by atoms with Crippen molar-refractivity contribution in [3.63, 3.8) is 0 Å². The molecule has 2 nitrogen and oxygen atoms in total. The fourth-order valence-electron chi connectivity index (χ4n) is 6.61.